The number of rotatable bonds is 8. The SMILES string of the molecule is COCCN1C[C@@H](NC(=O)Nc2c(C)c(N3CCN(C)C(O)C3)nn2-c2ccccc2)[C@H](c2ccc(F)cc2)O1. The Morgan fingerprint density at radius 1 is 1.15 bits per heavy atom. The van der Waals surface area contributed by atoms with E-state index in [4.69, 9.17) is 14.7 Å². The Morgan fingerprint density at radius 3 is 2.60 bits per heavy atom. The Kier molecular flexibility index (Phi) is 8.62. The molecule has 2 aliphatic heterocycles. The third-order valence-electron chi connectivity index (χ3n) is 7.33. The number of hydrogen-bond acceptors (Lipinski definition) is 8. The number of ether oxygens (including phenoxy) is 1. The van der Waals surface area contributed by atoms with Gasteiger partial charge >= 0.3 is 6.03 Å². The Morgan fingerprint density at radius 2 is 1.90 bits per heavy atom. The molecule has 2 amide bonds. The maximum atomic E-state index is 13.6. The highest BCUT2D eigenvalue weighted by Crippen LogP contribution is 2.32. The molecule has 2 saturated heterocycles. The van der Waals surface area contributed by atoms with Crippen LogP contribution >= 0.6 is 0 Å². The van der Waals surface area contributed by atoms with Gasteiger partial charge in [-0.1, -0.05) is 30.3 Å². The lowest BCUT2D eigenvalue weighted by Gasteiger charge is -2.36. The van der Waals surface area contributed by atoms with E-state index < -0.39 is 24.4 Å². The van der Waals surface area contributed by atoms with Crippen LogP contribution < -0.4 is 15.5 Å². The number of β-amino-alcohol motifs (C(OH)–C–C–N with tert-alkyl or cyclic N) is 1. The van der Waals surface area contributed by atoms with Crippen LogP contribution in [0.5, 0.6) is 0 Å². The van der Waals surface area contributed by atoms with Gasteiger partial charge in [-0.2, -0.15) is 5.06 Å². The quantitative estimate of drug-likeness (QED) is 0.391. The number of hydrogen-bond donors (Lipinski definition) is 3. The Balaban J connectivity index is 1.39. The van der Waals surface area contributed by atoms with Crippen molar-refractivity contribution < 1.29 is 23.9 Å². The molecule has 2 aliphatic rings. The van der Waals surface area contributed by atoms with E-state index in [1.807, 2.05) is 54.1 Å². The number of anilines is 2. The maximum absolute atomic E-state index is 13.6. The molecule has 1 aromatic heterocycles. The average Bonchev–Trinajstić information content (AvgIpc) is 3.50. The van der Waals surface area contributed by atoms with Crippen LogP contribution in [0, 0.1) is 12.7 Å². The molecule has 2 fully saturated rings. The molecule has 5 rings (SSSR count). The largest absolute Gasteiger partial charge is 0.383 e. The standard InChI is InChI=1S/C28H36FN7O4/c1-19-26(36(22-7-5-4-6-8-22)32-27(19)34-14-13-33(2)24(37)18-34)31-28(38)30-23-17-35(15-16-39-3)40-25(23)20-9-11-21(29)12-10-20/h4-12,23-25,37H,13-18H2,1-3H3,(H2,30,31,38)/t23-,24?,25+/m1/s1. The predicted molar refractivity (Wildman–Crippen MR) is 149 cm³/mol. The van der Waals surface area contributed by atoms with Crippen LogP contribution in [0.25, 0.3) is 5.69 Å². The summed E-state index contributed by atoms with van der Waals surface area (Å²) in [6, 6.07) is 14.8. The molecule has 40 heavy (non-hydrogen) atoms. The van der Waals surface area contributed by atoms with Crippen LogP contribution in [-0.4, -0.2) is 96.6 Å². The van der Waals surface area contributed by atoms with E-state index in [2.05, 4.69) is 10.6 Å². The number of likely N-dealkylation sites (N-methyl/N-ethyl adjacent to an activating group) is 1. The Hall–Kier alpha value is -3.55. The number of aromatic nitrogens is 2. The molecule has 0 saturated carbocycles. The first-order valence-corrected chi connectivity index (χ1v) is 13.4. The number of nitrogens with one attached hydrogen (secondary N) is 2. The van der Waals surface area contributed by atoms with Gasteiger partial charge in [-0.3, -0.25) is 15.1 Å². The van der Waals surface area contributed by atoms with Crippen LogP contribution in [0.15, 0.2) is 54.6 Å². The van der Waals surface area contributed by atoms with Gasteiger partial charge in [-0.05, 0) is 43.8 Å². The Bertz CT molecular complexity index is 1290. The number of halogens is 1. The number of methoxy groups -OCH3 is 1. The number of carbonyl (C=O) groups is 1. The van der Waals surface area contributed by atoms with E-state index >= 15 is 0 Å². The van der Waals surface area contributed by atoms with E-state index in [1.54, 1.807) is 29.0 Å². The number of para-hydroxylation sites is 1. The summed E-state index contributed by atoms with van der Waals surface area (Å²) in [5, 5.41) is 23.1. The monoisotopic (exact) mass is 553 g/mol. The van der Waals surface area contributed by atoms with Crippen molar-refractivity contribution in [3.63, 3.8) is 0 Å². The summed E-state index contributed by atoms with van der Waals surface area (Å²) in [5.74, 6) is 0.889. The van der Waals surface area contributed by atoms with Crippen LogP contribution in [-0.2, 0) is 9.57 Å². The molecule has 0 spiro atoms. The number of aliphatic hydroxyl groups excluding tert-OH is 1. The van der Waals surface area contributed by atoms with E-state index in [9.17, 15) is 14.3 Å². The zero-order valence-electron chi connectivity index (χ0n) is 23.0. The summed E-state index contributed by atoms with van der Waals surface area (Å²) in [6.45, 7) is 5.12. The summed E-state index contributed by atoms with van der Waals surface area (Å²) in [7, 11) is 3.50. The third-order valence-corrected chi connectivity index (χ3v) is 7.33. The first-order valence-electron chi connectivity index (χ1n) is 13.4. The number of carbonyl (C=O) groups excluding carboxylic acids is 1. The topological polar surface area (TPSA) is 107 Å². The number of piperazine rings is 1. The van der Waals surface area contributed by atoms with Crippen LogP contribution in [0.4, 0.5) is 20.8 Å². The minimum absolute atomic E-state index is 0.339. The molecule has 1 unspecified atom stereocenters. The second-order valence-corrected chi connectivity index (χ2v) is 10.1. The van der Waals surface area contributed by atoms with E-state index in [1.165, 1.54) is 12.1 Å². The molecule has 3 N–H and O–H groups in total. The molecule has 3 atom stereocenters. The highest BCUT2D eigenvalue weighted by atomic mass is 19.1. The molecule has 0 radical (unpaired) electrons. The Labute approximate surface area is 233 Å². The molecule has 12 heteroatoms. The van der Waals surface area contributed by atoms with Gasteiger partial charge in [0.05, 0.1) is 24.9 Å². The van der Waals surface area contributed by atoms with Crippen molar-refractivity contribution in [3.8, 4) is 5.69 Å². The maximum Gasteiger partial charge on any atom is 0.320 e. The summed E-state index contributed by atoms with van der Waals surface area (Å²) in [5.41, 5.74) is 2.34. The van der Waals surface area contributed by atoms with Crippen LogP contribution in [0.3, 0.4) is 0 Å². The second kappa shape index (κ2) is 12.3. The van der Waals surface area contributed by atoms with Gasteiger partial charge in [-0.25, -0.2) is 13.9 Å². The molecule has 11 nitrogen and oxygen atoms in total. The van der Waals surface area contributed by atoms with Crippen molar-refractivity contribution in [2.75, 3.05) is 63.7 Å². The molecule has 2 aromatic carbocycles. The minimum atomic E-state index is -0.610. The van der Waals surface area contributed by atoms with E-state index in [0.29, 0.717) is 51.0 Å². The second-order valence-electron chi connectivity index (χ2n) is 10.1. The first-order chi connectivity index (χ1) is 19.3. The molecular formula is C28H36FN7O4. The van der Waals surface area contributed by atoms with Crippen molar-refractivity contribution in [3.05, 3.63) is 71.5 Å². The minimum Gasteiger partial charge on any atom is -0.383 e. The predicted octanol–water partition coefficient (Wildman–Crippen LogP) is 2.52. The fraction of sp³-hybridized carbons (Fsp3) is 0.429. The van der Waals surface area contributed by atoms with Crippen molar-refractivity contribution in [1.82, 2.24) is 25.1 Å². The van der Waals surface area contributed by atoms with E-state index in [0.717, 1.165) is 16.8 Å². The zero-order valence-corrected chi connectivity index (χ0v) is 23.0. The van der Waals surface area contributed by atoms with Gasteiger partial charge in [0.25, 0.3) is 0 Å². The van der Waals surface area contributed by atoms with E-state index in [-0.39, 0.29) is 5.82 Å². The number of hydroxylamine groups is 2. The normalized spacial score (nSPS) is 22.0. The van der Waals surface area contributed by atoms with Gasteiger partial charge in [0.2, 0.25) is 0 Å². The number of benzene rings is 2. The highest BCUT2D eigenvalue weighted by molar-refractivity contribution is 5.90. The van der Waals surface area contributed by atoms with Gasteiger partial charge in [0.1, 0.15) is 24.0 Å². The van der Waals surface area contributed by atoms with Crippen LogP contribution in [0.2, 0.25) is 0 Å². The van der Waals surface area contributed by atoms with Crippen molar-refractivity contribution in [1.29, 1.82) is 0 Å². The smallest absolute Gasteiger partial charge is 0.320 e. The molecule has 0 bridgehead atoms. The number of aliphatic hydroxyl groups is 1. The average molecular weight is 554 g/mol. The summed E-state index contributed by atoms with van der Waals surface area (Å²) < 4.78 is 20.5. The number of amides is 2. The van der Waals surface area contributed by atoms with Crippen molar-refractivity contribution in [2.45, 2.75) is 25.3 Å². The number of urea groups is 1. The first kappa shape index (κ1) is 28.0. The zero-order chi connectivity index (χ0) is 28.2. The van der Waals surface area contributed by atoms with Gasteiger partial charge in [-0.15, -0.1) is 5.10 Å². The molecule has 0 aliphatic carbocycles. The third kappa shape index (κ3) is 6.11. The molecule has 214 valence electrons. The lowest BCUT2D eigenvalue weighted by atomic mass is 10.0. The van der Waals surface area contributed by atoms with Crippen LogP contribution in [0.1, 0.15) is 17.2 Å². The molecule has 3 heterocycles. The van der Waals surface area contributed by atoms with Gasteiger partial charge in [0, 0.05) is 38.9 Å². The summed E-state index contributed by atoms with van der Waals surface area (Å²) >= 11 is 0. The fourth-order valence-electron chi connectivity index (χ4n) is 5.04. The van der Waals surface area contributed by atoms with Gasteiger partial charge < -0.3 is 20.1 Å². The molecular weight excluding hydrogens is 517 g/mol. The molecule has 3 aromatic rings. The highest BCUT2D eigenvalue weighted by Gasteiger charge is 2.37. The summed E-state index contributed by atoms with van der Waals surface area (Å²) in [4.78, 5) is 23.5. The van der Waals surface area contributed by atoms with Crippen molar-refractivity contribution >= 4 is 17.7 Å². The fourth-order valence-corrected chi connectivity index (χ4v) is 5.04. The summed E-state index contributed by atoms with van der Waals surface area (Å²) in [6.07, 6.45) is -1.10. The van der Waals surface area contributed by atoms with Crippen molar-refractivity contribution in [2.24, 2.45) is 0 Å². The lowest BCUT2D eigenvalue weighted by Crippen LogP contribution is -2.51. The lowest BCUT2D eigenvalue weighted by molar-refractivity contribution is -0.154. The number of nitrogens with zero attached hydrogens (tertiary/aromatic N) is 5. The van der Waals surface area contributed by atoms with Gasteiger partial charge in [0.15, 0.2) is 5.82 Å².